The van der Waals surface area contributed by atoms with Crippen LogP contribution < -0.4 is 20.3 Å². The highest BCUT2D eigenvalue weighted by Gasteiger charge is 2.29. The summed E-state index contributed by atoms with van der Waals surface area (Å²) < 4.78 is 5.49. The molecule has 0 atom stereocenters. The van der Waals surface area contributed by atoms with Gasteiger partial charge in [0.25, 0.3) is 11.8 Å². The summed E-state index contributed by atoms with van der Waals surface area (Å²) in [5.74, 6) is -0.579. The normalized spacial score (nSPS) is 15.1. The molecule has 32 heavy (non-hydrogen) atoms. The lowest BCUT2D eigenvalue weighted by atomic mass is 10.1. The summed E-state index contributed by atoms with van der Waals surface area (Å²) in [5.41, 5.74) is 2.01. The predicted octanol–water partition coefficient (Wildman–Crippen LogP) is 2.25. The Bertz CT molecular complexity index is 1060. The molecule has 0 unspecified atom stereocenters. The van der Waals surface area contributed by atoms with Gasteiger partial charge in [0.2, 0.25) is 11.8 Å². The van der Waals surface area contributed by atoms with E-state index in [1.807, 2.05) is 0 Å². The average Bonchev–Trinajstić information content (AvgIpc) is 3.31. The molecule has 4 rings (SSSR count). The lowest BCUT2D eigenvalue weighted by Crippen LogP contribution is -2.43. The Hall–Kier alpha value is -3.88. The van der Waals surface area contributed by atoms with Crippen molar-refractivity contribution in [3.05, 3.63) is 48.0 Å². The number of ether oxygens (including phenoxy) is 1. The Morgan fingerprint density at radius 2 is 1.62 bits per heavy atom. The van der Waals surface area contributed by atoms with Crippen LogP contribution in [-0.4, -0.2) is 54.8 Å². The highest BCUT2D eigenvalue weighted by Crippen LogP contribution is 2.33. The molecular formula is C23H24N4O5. The summed E-state index contributed by atoms with van der Waals surface area (Å²) >= 11 is 0. The summed E-state index contributed by atoms with van der Waals surface area (Å²) in [6.45, 7) is 2.46. The number of carbonyl (C=O) groups excluding carboxylic acids is 4. The number of fused-ring (bicyclic) bond motifs is 1. The number of likely N-dealkylation sites (tertiary alicyclic amines) is 1. The van der Waals surface area contributed by atoms with Gasteiger partial charge in [-0.15, -0.1) is 0 Å². The molecule has 0 saturated carbocycles. The lowest BCUT2D eigenvalue weighted by Gasteiger charge is -2.29. The molecule has 2 aromatic rings. The molecular weight excluding hydrogens is 412 g/mol. The average molecular weight is 436 g/mol. The zero-order chi connectivity index (χ0) is 22.7. The molecule has 0 aliphatic carbocycles. The van der Waals surface area contributed by atoms with E-state index in [4.69, 9.17) is 4.74 Å². The fourth-order valence-corrected chi connectivity index (χ4v) is 3.80. The van der Waals surface area contributed by atoms with Gasteiger partial charge in [-0.1, -0.05) is 0 Å². The molecule has 0 radical (unpaired) electrons. The van der Waals surface area contributed by atoms with Crippen molar-refractivity contribution in [3.63, 3.8) is 0 Å². The second-order valence-electron chi connectivity index (χ2n) is 7.76. The van der Waals surface area contributed by atoms with E-state index < -0.39 is 5.91 Å². The van der Waals surface area contributed by atoms with Crippen LogP contribution in [0.15, 0.2) is 42.5 Å². The molecule has 2 aliphatic heterocycles. The first-order chi connectivity index (χ1) is 15.4. The van der Waals surface area contributed by atoms with Crippen molar-refractivity contribution >= 4 is 40.7 Å². The maximum atomic E-state index is 12.8. The third kappa shape index (κ3) is 4.72. The van der Waals surface area contributed by atoms with E-state index in [2.05, 4.69) is 10.6 Å². The van der Waals surface area contributed by atoms with E-state index in [0.717, 1.165) is 25.9 Å². The number of hydrogen-bond acceptors (Lipinski definition) is 5. The van der Waals surface area contributed by atoms with Crippen molar-refractivity contribution in [1.82, 2.24) is 4.90 Å². The van der Waals surface area contributed by atoms with Gasteiger partial charge < -0.3 is 20.3 Å². The SMILES string of the molecule is CC(=O)Nc1ccc(NC(=O)CN2C(=O)COc3ccc(C(=O)N4CCCC4)cc32)cc1. The summed E-state index contributed by atoms with van der Waals surface area (Å²) in [7, 11) is 0. The van der Waals surface area contributed by atoms with Gasteiger partial charge in [0.05, 0.1) is 5.69 Å². The minimum atomic E-state index is -0.394. The number of rotatable bonds is 5. The standard InChI is InChI=1S/C23H24N4O5/c1-15(28)24-17-5-7-18(8-6-17)25-21(29)13-27-19-12-16(23(31)26-10-2-3-11-26)4-9-20(19)32-14-22(27)30/h4-9,12H,2-3,10-11,13-14H2,1H3,(H,24,28)(H,25,29). The number of nitrogens with zero attached hydrogens (tertiary/aromatic N) is 2. The Balaban J connectivity index is 1.48. The van der Waals surface area contributed by atoms with Crippen LogP contribution in [0.3, 0.4) is 0 Å². The fourth-order valence-electron chi connectivity index (χ4n) is 3.80. The molecule has 2 aromatic carbocycles. The summed E-state index contributed by atoms with van der Waals surface area (Å²) in [5, 5.41) is 5.39. The van der Waals surface area contributed by atoms with Crippen molar-refractivity contribution < 1.29 is 23.9 Å². The van der Waals surface area contributed by atoms with Gasteiger partial charge in [-0.05, 0) is 55.3 Å². The van der Waals surface area contributed by atoms with Crippen molar-refractivity contribution in [1.29, 1.82) is 0 Å². The highest BCUT2D eigenvalue weighted by molar-refractivity contribution is 6.06. The molecule has 2 N–H and O–H groups in total. The van der Waals surface area contributed by atoms with Crippen LogP contribution in [-0.2, 0) is 14.4 Å². The van der Waals surface area contributed by atoms with Gasteiger partial charge in [-0.2, -0.15) is 0 Å². The molecule has 1 saturated heterocycles. The molecule has 9 heteroatoms. The lowest BCUT2D eigenvalue weighted by molar-refractivity contribution is -0.123. The monoisotopic (exact) mass is 436 g/mol. The van der Waals surface area contributed by atoms with E-state index in [1.165, 1.54) is 11.8 Å². The molecule has 0 spiro atoms. The van der Waals surface area contributed by atoms with Crippen LogP contribution in [0.1, 0.15) is 30.1 Å². The van der Waals surface area contributed by atoms with Gasteiger partial charge in [0, 0.05) is 37.0 Å². The number of amides is 4. The second kappa shape index (κ2) is 9.09. The first-order valence-corrected chi connectivity index (χ1v) is 10.4. The van der Waals surface area contributed by atoms with Crippen molar-refractivity contribution in [3.8, 4) is 5.75 Å². The first kappa shape index (κ1) is 21.4. The van der Waals surface area contributed by atoms with Crippen LogP contribution in [0, 0.1) is 0 Å². The van der Waals surface area contributed by atoms with E-state index in [1.54, 1.807) is 47.4 Å². The Labute approximate surface area is 185 Å². The number of carbonyl (C=O) groups is 4. The van der Waals surface area contributed by atoms with Crippen LogP contribution in [0.2, 0.25) is 0 Å². The largest absolute Gasteiger partial charge is 0.482 e. The number of nitrogens with one attached hydrogen (secondary N) is 2. The third-order valence-electron chi connectivity index (χ3n) is 5.33. The Morgan fingerprint density at radius 1 is 0.969 bits per heavy atom. The maximum Gasteiger partial charge on any atom is 0.265 e. The quantitative estimate of drug-likeness (QED) is 0.747. The fraction of sp³-hybridized carbons (Fsp3) is 0.304. The van der Waals surface area contributed by atoms with Gasteiger partial charge in [-0.25, -0.2) is 0 Å². The molecule has 9 nitrogen and oxygen atoms in total. The molecule has 2 heterocycles. The topological polar surface area (TPSA) is 108 Å². The molecule has 1 fully saturated rings. The Morgan fingerprint density at radius 3 is 2.28 bits per heavy atom. The van der Waals surface area contributed by atoms with E-state index in [0.29, 0.717) is 28.4 Å². The summed E-state index contributed by atoms with van der Waals surface area (Å²) in [6.07, 6.45) is 1.97. The molecule has 2 aliphatic rings. The second-order valence-corrected chi connectivity index (χ2v) is 7.76. The molecule has 4 amide bonds. The maximum absolute atomic E-state index is 12.8. The van der Waals surface area contributed by atoms with E-state index in [-0.39, 0.29) is 30.9 Å². The third-order valence-corrected chi connectivity index (χ3v) is 5.33. The van der Waals surface area contributed by atoms with Gasteiger partial charge in [0.1, 0.15) is 12.3 Å². The minimum absolute atomic E-state index is 0.0908. The highest BCUT2D eigenvalue weighted by atomic mass is 16.5. The van der Waals surface area contributed by atoms with Gasteiger partial charge in [-0.3, -0.25) is 24.1 Å². The van der Waals surface area contributed by atoms with Crippen LogP contribution in [0.4, 0.5) is 17.1 Å². The number of anilines is 3. The molecule has 0 aromatic heterocycles. The number of hydrogen-bond donors (Lipinski definition) is 2. The minimum Gasteiger partial charge on any atom is -0.482 e. The van der Waals surface area contributed by atoms with Crippen molar-refractivity contribution in [2.75, 3.05) is 41.8 Å². The van der Waals surface area contributed by atoms with Crippen molar-refractivity contribution in [2.24, 2.45) is 0 Å². The summed E-state index contributed by atoms with van der Waals surface area (Å²) in [4.78, 5) is 52.1. The van der Waals surface area contributed by atoms with Gasteiger partial charge >= 0.3 is 0 Å². The van der Waals surface area contributed by atoms with E-state index in [9.17, 15) is 19.2 Å². The van der Waals surface area contributed by atoms with Crippen molar-refractivity contribution in [2.45, 2.75) is 19.8 Å². The zero-order valence-electron chi connectivity index (χ0n) is 17.7. The zero-order valence-corrected chi connectivity index (χ0v) is 17.7. The first-order valence-electron chi connectivity index (χ1n) is 10.4. The summed E-state index contributed by atoms with van der Waals surface area (Å²) in [6, 6.07) is 11.6. The molecule has 166 valence electrons. The predicted molar refractivity (Wildman–Crippen MR) is 119 cm³/mol. The smallest absolute Gasteiger partial charge is 0.265 e. The van der Waals surface area contributed by atoms with Crippen LogP contribution >= 0.6 is 0 Å². The molecule has 0 bridgehead atoms. The van der Waals surface area contributed by atoms with Crippen LogP contribution in [0.25, 0.3) is 0 Å². The van der Waals surface area contributed by atoms with Crippen LogP contribution in [0.5, 0.6) is 5.75 Å². The Kier molecular flexibility index (Phi) is 6.07. The number of benzene rings is 2. The van der Waals surface area contributed by atoms with Gasteiger partial charge in [0.15, 0.2) is 6.61 Å². The van der Waals surface area contributed by atoms with E-state index >= 15 is 0 Å².